The van der Waals surface area contributed by atoms with E-state index in [1.807, 2.05) is 85.7 Å². The number of hydrogen-bond donors (Lipinski definition) is 2. The lowest BCUT2D eigenvalue weighted by Gasteiger charge is -2.05. The van der Waals surface area contributed by atoms with E-state index in [9.17, 15) is 4.79 Å². The Morgan fingerprint density at radius 1 is 0.880 bits per heavy atom. The summed E-state index contributed by atoms with van der Waals surface area (Å²) >= 11 is 0. The molecule has 0 spiro atoms. The fraction of sp³-hybridized carbons (Fsp3) is 0.450. The van der Waals surface area contributed by atoms with E-state index in [1.54, 1.807) is 12.3 Å². The number of benzene rings is 1. The van der Waals surface area contributed by atoms with E-state index in [0.29, 0.717) is 18.9 Å². The number of carbonyl (C=O) groups excluding carboxylic acids is 1. The van der Waals surface area contributed by atoms with Crippen LogP contribution in [0.25, 0.3) is 0 Å². The van der Waals surface area contributed by atoms with Crippen LogP contribution in [-0.2, 0) is 11.3 Å². The standard InChI is InChI=1S/C12H12N4O.4C2H6/c17-9-13-8-11-6-7-14-12(16-11)15-10-4-2-1-3-5-10;4*1-2/h1-7,9H,8H2,(H,13,17)(H,14,15,16);4*1-2H3. The van der Waals surface area contributed by atoms with Crippen molar-refractivity contribution in [2.75, 3.05) is 5.32 Å². The third kappa shape index (κ3) is 14.9. The molecule has 2 aromatic rings. The van der Waals surface area contributed by atoms with Crippen molar-refractivity contribution in [2.45, 2.75) is 61.9 Å². The first kappa shape index (κ1) is 27.4. The fourth-order valence-electron chi connectivity index (χ4n) is 1.35. The van der Waals surface area contributed by atoms with Crippen molar-refractivity contribution in [1.29, 1.82) is 0 Å². The molecule has 1 heterocycles. The van der Waals surface area contributed by atoms with Gasteiger partial charge in [-0.2, -0.15) is 0 Å². The van der Waals surface area contributed by atoms with Crippen LogP contribution < -0.4 is 10.6 Å². The maximum atomic E-state index is 10.2. The van der Waals surface area contributed by atoms with Crippen LogP contribution >= 0.6 is 0 Å². The summed E-state index contributed by atoms with van der Waals surface area (Å²) in [4.78, 5) is 18.6. The van der Waals surface area contributed by atoms with Gasteiger partial charge in [0.15, 0.2) is 0 Å². The first-order valence-corrected chi connectivity index (χ1v) is 9.19. The van der Waals surface area contributed by atoms with Crippen molar-refractivity contribution < 1.29 is 4.79 Å². The Balaban J connectivity index is -0.000000533. The Kier molecular flexibility index (Phi) is 26.1. The average molecular weight is 349 g/mol. The van der Waals surface area contributed by atoms with Gasteiger partial charge in [-0.1, -0.05) is 73.6 Å². The van der Waals surface area contributed by atoms with Gasteiger partial charge in [-0.05, 0) is 18.2 Å². The minimum Gasteiger partial charge on any atom is -0.353 e. The van der Waals surface area contributed by atoms with Crippen molar-refractivity contribution in [1.82, 2.24) is 15.3 Å². The molecule has 1 aromatic heterocycles. The van der Waals surface area contributed by atoms with Crippen molar-refractivity contribution in [3.63, 3.8) is 0 Å². The molecule has 0 aliphatic rings. The largest absolute Gasteiger partial charge is 0.353 e. The van der Waals surface area contributed by atoms with Gasteiger partial charge in [-0.15, -0.1) is 0 Å². The predicted octanol–water partition coefficient (Wildman–Crippen LogP) is 5.57. The van der Waals surface area contributed by atoms with Gasteiger partial charge in [0.05, 0.1) is 12.2 Å². The average Bonchev–Trinajstić information content (AvgIpc) is 2.73. The summed E-state index contributed by atoms with van der Waals surface area (Å²) in [6, 6.07) is 11.4. The number of nitrogens with zero attached hydrogens (tertiary/aromatic N) is 2. The molecule has 5 heteroatoms. The van der Waals surface area contributed by atoms with E-state index in [2.05, 4.69) is 20.6 Å². The number of anilines is 2. The van der Waals surface area contributed by atoms with E-state index in [-0.39, 0.29) is 0 Å². The lowest BCUT2D eigenvalue weighted by molar-refractivity contribution is -0.109. The van der Waals surface area contributed by atoms with Crippen LogP contribution in [0.15, 0.2) is 42.6 Å². The smallest absolute Gasteiger partial charge is 0.227 e. The van der Waals surface area contributed by atoms with Gasteiger partial charge in [-0.25, -0.2) is 9.97 Å². The zero-order chi connectivity index (χ0) is 19.9. The molecular weight excluding hydrogens is 312 g/mol. The molecule has 0 saturated heterocycles. The lowest BCUT2D eigenvalue weighted by Crippen LogP contribution is -2.11. The molecule has 1 aromatic carbocycles. The van der Waals surface area contributed by atoms with E-state index in [1.165, 1.54) is 0 Å². The Morgan fingerprint density at radius 3 is 1.96 bits per heavy atom. The molecule has 0 radical (unpaired) electrons. The number of nitrogens with one attached hydrogen (secondary N) is 2. The van der Waals surface area contributed by atoms with Crippen LogP contribution in [0.1, 0.15) is 61.1 Å². The Morgan fingerprint density at radius 2 is 1.44 bits per heavy atom. The van der Waals surface area contributed by atoms with E-state index >= 15 is 0 Å². The van der Waals surface area contributed by atoms with E-state index in [4.69, 9.17) is 0 Å². The topological polar surface area (TPSA) is 66.9 Å². The molecule has 0 bridgehead atoms. The first-order valence-electron chi connectivity index (χ1n) is 9.19. The normalized spacial score (nSPS) is 7.52. The number of aromatic nitrogens is 2. The van der Waals surface area contributed by atoms with E-state index in [0.717, 1.165) is 11.4 Å². The van der Waals surface area contributed by atoms with Gasteiger partial charge in [0.2, 0.25) is 12.4 Å². The molecule has 0 aliphatic carbocycles. The number of para-hydroxylation sites is 1. The number of hydrogen-bond acceptors (Lipinski definition) is 4. The van der Waals surface area contributed by atoms with Crippen molar-refractivity contribution in [2.24, 2.45) is 0 Å². The Labute approximate surface area is 154 Å². The Hall–Kier alpha value is -2.43. The molecule has 142 valence electrons. The monoisotopic (exact) mass is 348 g/mol. The van der Waals surface area contributed by atoms with Crippen molar-refractivity contribution in [3.05, 3.63) is 48.3 Å². The van der Waals surface area contributed by atoms with E-state index < -0.39 is 0 Å². The molecule has 0 atom stereocenters. The van der Waals surface area contributed by atoms with Crippen LogP contribution in [0.5, 0.6) is 0 Å². The summed E-state index contributed by atoms with van der Waals surface area (Å²) in [5.41, 5.74) is 1.68. The highest BCUT2D eigenvalue weighted by atomic mass is 16.1. The summed E-state index contributed by atoms with van der Waals surface area (Å²) in [6.07, 6.45) is 2.30. The summed E-state index contributed by atoms with van der Waals surface area (Å²) in [5, 5.41) is 5.64. The van der Waals surface area contributed by atoms with Crippen molar-refractivity contribution >= 4 is 18.0 Å². The van der Waals surface area contributed by atoms with Crippen molar-refractivity contribution in [3.8, 4) is 0 Å². The molecular formula is C20H36N4O. The van der Waals surface area contributed by atoms with Crippen LogP contribution in [0, 0.1) is 0 Å². The fourth-order valence-corrected chi connectivity index (χ4v) is 1.35. The zero-order valence-electron chi connectivity index (χ0n) is 17.1. The highest BCUT2D eigenvalue weighted by Gasteiger charge is 1.99. The third-order valence-electron chi connectivity index (χ3n) is 2.11. The van der Waals surface area contributed by atoms with Gasteiger partial charge in [0, 0.05) is 11.9 Å². The lowest BCUT2D eigenvalue weighted by atomic mass is 10.3. The number of amides is 1. The number of rotatable bonds is 5. The summed E-state index contributed by atoms with van der Waals surface area (Å²) in [5.74, 6) is 0.515. The van der Waals surface area contributed by atoms with Crippen LogP contribution in [0.3, 0.4) is 0 Å². The Bertz CT molecular complexity index is 490. The van der Waals surface area contributed by atoms with Gasteiger partial charge in [0.25, 0.3) is 0 Å². The summed E-state index contributed by atoms with van der Waals surface area (Å²) < 4.78 is 0. The molecule has 0 unspecified atom stereocenters. The van der Waals surface area contributed by atoms with Gasteiger partial charge in [0.1, 0.15) is 0 Å². The first-order chi connectivity index (χ1) is 12.4. The molecule has 0 aliphatic heterocycles. The molecule has 2 N–H and O–H groups in total. The SMILES string of the molecule is CC.CC.CC.CC.O=CNCc1ccnc(Nc2ccccc2)n1. The highest BCUT2D eigenvalue weighted by molar-refractivity contribution is 5.52. The third-order valence-corrected chi connectivity index (χ3v) is 2.11. The predicted molar refractivity (Wildman–Crippen MR) is 110 cm³/mol. The molecule has 25 heavy (non-hydrogen) atoms. The summed E-state index contributed by atoms with van der Waals surface area (Å²) in [6.45, 7) is 16.4. The zero-order valence-corrected chi connectivity index (χ0v) is 17.1. The van der Waals surface area contributed by atoms with Crippen LogP contribution in [0.2, 0.25) is 0 Å². The second-order valence-electron chi connectivity index (χ2n) is 3.36. The van der Waals surface area contributed by atoms with Crippen LogP contribution in [-0.4, -0.2) is 16.4 Å². The minimum atomic E-state index is 0.398. The highest BCUT2D eigenvalue weighted by Crippen LogP contribution is 2.11. The maximum Gasteiger partial charge on any atom is 0.227 e. The molecule has 2 rings (SSSR count). The summed E-state index contributed by atoms with van der Waals surface area (Å²) in [7, 11) is 0. The van der Waals surface area contributed by atoms with Crippen LogP contribution in [0.4, 0.5) is 11.6 Å². The van der Waals surface area contributed by atoms with Gasteiger partial charge < -0.3 is 10.6 Å². The molecule has 0 saturated carbocycles. The molecule has 1 amide bonds. The molecule has 5 nitrogen and oxygen atoms in total. The molecule has 0 fully saturated rings. The second-order valence-corrected chi connectivity index (χ2v) is 3.36. The number of carbonyl (C=O) groups is 1. The van der Waals surface area contributed by atoms with Gasteiger partial charge in [-0.3, -0.25) is 4.79 Å². The minimum absolute atomic E-state index is 0.398. The second kappa shape index (κ2) is 23.8. The van der Waals surface area contributed by atoms with Gasteiger partial charge >= 0.3 is 0 Å². The maximum absolute atomic E-state index is 10.2. The quantitative estimate of drug-likeness (QED) is 0.693.